The summed E-state index contributed by atoms with van der Waals surface area (Å²) < 4.78 is 20.9. The van der Waals surface area contributed by atoms with E-state index in [1.165, 1.54) is 24.7 Å². The van der Waals surface area contributed by atoms with Gasteiger partial charge in [-0.25, -0.2) is 19.4 Å². The minimum absolute atomic E-state index is 0.0257. The number of allylic oxidation sites excluding steroid dienone is 2. The minimum Gasteiger partial charge on any atom is -0.421 e. The number of benzene rings is 2. The third-order valence-corrected chi connectivity index (χ3v) is 5.51. The van der Waals surface area contributed by atoms with Gasteiger partial charge in [0.05, 0.1) is 24.3 Å². The molecule has 10 nitrogen and oxygen atoms in total. The van der Waals surface area contributed by atoms with Gasteiger partial charge in [0, 0.05) is 60.9 Å². The van der Waals surface area contributed by atoms with Gasteiger partial charge in [-0.05, 0) is 56.9 Å². The van der Waals surface area contributed by atoms with Gasteiger partial charge < -0.3 is 26.4 Å². The lowest BCUT2D eigenvalue weighted by Gasteiger charge is -2.12. The molecule has 0 atom stereocenters. The van der Waals surface area contributed by atoms with Crippen LogP contribution in [-0.4, -0.2) is 67.9 Å². The Morgan fingerprint density at radius 1 is 1.07 bits per heavy atom. The molecule has 2 aromatic carbocycles. The van der Waals surface area contributed by atoms with E-state index in [9.17, 15) is 0 Å². The maximum Gasteiger partial charge on any atom is 0.322 e. The second-order valence-corrected chi connectivity index (χ2v) is 8.79. The number of aliphatic imine (C=N–C) groups is 3. The monoisotopic (exact) mass is 543 g/mol. The lowest BCUT2D eigenvalue weighted by molar-refractivity contribution is 0.410. The number of aryl methyl sites for hydroxylation is 1. The number of hydrogen-bond acceptors (Lipinski definition) is 9. The lowest BCUT2D eigenvalue weighted by atomic mass is 9.99. The molecule has 1 heterocycles. The molecule has 0 radical (unpaired) electrons. The summed E-state index contributed by atoms with van der Waals surface area (Å²) in [7, 11) is 5.75. The first kappa shape index (κ1) is 29.7. The molecule has 0 bridgehead atoms. The number of aromatic nitrogens is 2. The quantitative estimate of drug-likeness (QED) is 0.177. The highest BCUT2D eigenvalue weighted by molar-refractivity contribution is 6.20. The fraction of sp³-hybridized carbons (Fsp3) is 0.207. The number of nitrogens with one attached hydrogen (secondary N) is 1. The van der Waals surface area contributed by atoms with Gasteiger partial charge in [-0.2, -0.15) is 0 Å². The van der Waals surface area contributed by atoms with Crippen molar-refractivity contribution in [1.82, 2.24) is 14.9 Å². The van der Waals surface area contributed by atoms with Crippen molar-refractivity contribution in [1.29, 1.82) is 0 Å². The molecule has 11 heteroatoms. The highest BCUT2D eigenvalue weighted by Gasteiger charge is 2.15. The van der Waals surface area contributed by atoms with Crippen molar-refractivity contribution < 1.29 is 9.13 Å². The zero-order chi connectivity index (χ0) is 28.9. The van der Waals surface area contributed by atoms with Crippen LogP contribution in [0.1, 0.15) is 16.8 Å². The van der Waals surface area contributed by atoms with Crippen LogP contribution in [0.5, 0.6) is 11.8 Å². The summed E-state index contributed by atoms with van der Waals surface area (Å²) in [6.45, 7) is 3.16. The van der Waals surface area contributed by atoms with Gasteiger partial charge >= 0.3 is 6.01 Å². The molecule has 0 saturated heterocycles. The molecule has 0 amide bonds. The summed E-state index contributed by atoms with van der Waals surface area (Å²) >= 11 is 0. The molecule has 0 saturated carbocycles. The molecule has 0 fully saturated rings. The Hall–Kier alpha value is -4.90. The van der Waals surface area contributed by atoms with E-state index >= 15 is 4.39 Å². The molecule has 0 aliphatic rings. The summed E-state index contributed by atoms with van der Waals surface area (Å²) in [5, 5.41) is 3.11. The molecule has 0 aliphatic heterocycles. The van der Waals surface area contributed by atoms with Gasteiger partial charge in [-0.3, -0.25) is 9.98 Å². The van der Waals surface area contributed by atoms with E-state index in [1.54, 1.807) is 37.7 Å². The van der Waals surface area contributed by atoms with Gasteiger partial charge in [0.2, 0.25) is 0 Å². The third kappa shape index (κ3) is 8.57. The highest BCUT2D eigenvalue weighted by Crippen LogP contribution is 2.31. The summed E-state index contributed by atoms with van der Waals surface area (Å²) in [4.78, 5) is 23.6. The number of nitrogens with zero attached hydrogens (tertiary/aromatic N) is 6. The standard InChI is InChI=1S/C29H34FN9O/c1-20-10-11-35-29(38-20)40-27-9-8-21(15-26(27)30)25(18-36-24(16-31)17-34-12-13-39(3)4)28(37-19-32)22-6-5-7-23(14-22)33-2/h5-11,14-19,33H,12-13,31H2,1-4H3,(H2,32,37)/b24-16?,28-25+,34-17?,36-18?. The zero-order valence-corrected chi connectivity index (χ0v) is 23.0. The van der Waals surface area contributed by atoms with Gasteiger partial charge in [0.1, 0.15) is 0 Å². The first-order valence-corrected chi connectivity index (χ1v) is 12.5. The van der Waals surface area contributed by atoms with Gasteiger partial charge in [0.15, 0.2) is 11.6 Å². The molecular weight excluding hydrogens is 509 g/mol. The topological polar surface area (TPSA) is 139 Å². The number of likely N-dealkylation sites (N-methyl/N-ethyl adjacent to an activating group) is 1. The van der Waals surface area contributed by atoms with E-state index < -0.39 is 5.82 Å². The smallest absolute Gasteiger partial charge is 0.322 e. The Bertz CT molecular complexity index is 1440. The molecule has 3 rings (SSSR count). The normalized spacial score (nSPS) is 13.0. The van der Waals surface area contributed by atoms with Crippen LogP contribution < -0.4 is 21.5 Å². The van der Waals surface area contributed by atoms with E-state index in [-0.39, 0.29) is 11.8 Å². The van der Waals surface area contributed by atoms with Crippen molar-refractivity contribution in [3.63, 3.8) is 0 Å². The van der Waals surface area contributed by atoms with Crippen molar-refractivity contribution in [3.8, 4) is 11.8 Å². The SMILES string of the molecule is CNc1cccc(/C(N=CN)=C(/C=NC(C=NCCN(C)C)=CN)c2ccc(Oc3nccc(C)n3)c(F)c2)c1. The zero-order valence-electron chi connectivity index (χ0n) is 23.0. The number of hydrogen-bond donors (Lipinski definition) is 3. The average Bonchev–Trinajstić information content (AvgIpc) is 2.94. The molecule has 0 spiro atoms. The maximum atomic E-state index is 15.3. The average molecular weight is 544 g/mol. The Kier molecular flexibility index (Phi) is 11.0. The summed E-state index contributed by atoms with van der Waals surface area (Å²) in [6.07, 6.45) is 7.22. The molecule has 40 heavy (non-hydrogen) atoms. The number of ether oxygens (including phenoxy) is 1. The third-order valence-electron chi connectivity index (χ3n) is 5.51. The van der Waals surface area contributed by atoms with Gasteiger partial charge in [-0.15, -0.1) is 0 Å². The Labute approximate surface area is 233 Å². The van der Waals surface area contributed by atoms with Gasteiger partial charge in [-0.1, -0.05) is 18.2 Å². The van der Waals surface area contributed by atoms with Crippen LogP contribution in [0, 0.1) is 12.7 Å². The molecular formula is C29H34FN9O. The van der Waals surface area contributed by atoms with E-state index in [1.807, 2.05) is 50.3 Å². The molecule has 5 N–H and O–H groups in total. The van der Waals surface area contributed by atoms with Crippen molar-refractivity contribution in [2.75, 3.05) is 39.5 Å². The van der Waals surface area contributed by atoms with Crippen LogP contribution in [-0.2, 0) is 0 Å². The Morgan fingerprint density at radius 3 is 2.58 bits per heavy atom. The first-order chi connectivity index (χ1) is 19.3. The highest BCUT2D eigenvalue weighted by atomic mass is 19.1. The summed E-state index contributed by atoms with van der Waals surface area (Å²) in [5.74, 6) is -0.643. The molecule has 0 aliphatic carbocycles. The molecule has 1 aromatic heterocycles. The summed E-state index contributed by atoms with van der Waals surface area (Å²) in [6, 6.07) is 13.9. The largest absolute Gasteiger partial charge is 0.421 e. The van der Waals surface area contributed by atoms with E-state index in [2.05, 4.69) is 30.3 Å². The van der Waals surface area contributed by atoms with Crippen LogP contribution in [0.15, 0.2) is 81.6 Å². The molecule has 3 aromatic rings. The molecule has 0 unspecified atom stereocenters. The predicted molar refractivity (Wildman–Crippen MR) is 161 cm³/mol. The Balaban J connectivity index is 2.09. The van der Waals surface area contributed by atoms with E-state index in [0.717, 1.165) is 17.8 Å². The van der Waals surface area contributed by atoms with Crippen molar-refractivity contribution in [2.45, 2.75) is 6.92 Å². The predicted octanol–water partition coefficient (Wildman–Crippen LogP) is 4.12. The van der Waals surface area contributed by atoms with Crippen LogP contribution in [0.4, 0.5) is 10.1 Å². The number of anilines is 1. The van der Waals surface area contributed by atoms with Crippen molar-refractivity contribution >= 4 is 35.7 Å². The summed E-state index contributed by atoms with van der Waals surface area (Å²) in [5.41, 5.74) is 15.7. The second-order valence-electron chi connectivity index (χ2n) is 8.79. The van der Waals surface area contributed by atoms with Crippen LogP contribution in [0.2, 0.25) is 0 Å². The Morgan fingerprint density at radius 2 is 1.90 bits per heavy atom. The fourth-order valence-electron chi connectivity index (χ4n) is 3.47. The number of halogens is 1. The first-order valence-electron chi connectivity index (χ1n) is 12.5. The fourth-order valence-corrected chi connectivity index (χ4v) is 3.47. The lowest BCUT2D eigenvalue weighted by Crippen LogP contribution is -2.15. The van der Waals surface area contributed by atoms with Crippen LogP contribution in [0.3, 0.4) is 0 Å². The van der Waals surface area contributed by atoms with Crippen LogP contribution >= 0.6 is 0 Å². The molecule has 208 valence electrons. The van der Waals surface area contributed by atoms with Crippen LogP contribution in [0.25, 0.3) is 11.3 Å². The van der Waals surface area contributed by atoms with Gasteiger partial charge in [0.25, 0.3) is 0 Å². The maximum absolute atomic E-state index is 15.3. The second kappa shape index (κ2) is 14.9. The van der Waals surface area contributed by atoms with E-state index in [0.29, 0.717) is 34.8 Å². The number of rotatable bonds is 12. The number of nitrogens with two attached hydrogens (primary N) is 2. The van der Waals surface area contributed by atoms with Crippen molar-refractivity contribution in [2.24, 2.45) is 26.4 Å². The van der Waals surface area contributed by atoms with Crippen molar-refractivity contribution in [3.05, 3.63) is 89.3 Å². The van der Waals surface area contributed by atoms with E-state index in [4.69, 9.17) is 16.2 Å². The minimum atomic E-state index is -0.617.